The lowest BCUT2D eigenvalue weighted by Crippen LogP contribution is -2.33. The van der Waals surface area contributed by atoms with Gasteiger partial charge in [-0.05, 0) is 17.7 Å². The molecule has 0 bridgehead atoms. The van der Waals surface area contributed by atoms with Crippen LogP contribution in [0.3, 0.4) is 0 Å². The molecule has 0 aromatic heterocycles. The summed E-state index contributed by atoms with van der Waals surface area (Å²) < 4.78 is 57.9. The van der Waals surface area contributed by atoms with Gasteiger partial charge in [0.1, 0.15) is 5.75 Å². The zero-order valence-corrected chi connectivity index (χ0v) is 11.7. The highest BCUT2D eigenvalue weighted by Crippen LogP contribution is 2.29. The van der Waals surface area contributed by atoms with Crippen LogP contribution in [0.15, 0.2) is 24.3 Å². The molecule has 1 rings (SSSR count). The fourth-order valence-corrected chi connectivity index (χ4v) is 1.39. The minimum Gasteiger partial charge on any atom is -0.469 e. The minimum atomic E-state index is -4.59. The van der Waals surface area contributed by atoms with E-state index >= 15 is 0 Å². The summed E-state index contributed by atoms with van der Waals surface area (Å²) in [6, 6.07) is 4.12. The van der Waals surface area contributed by atoms with Gasteiger partial charge in [0.05, 0.1) is 13.5 Å². The van der Waals surface area contributed by atoms with E-state index in [-0.39, 0.29) is 24.4 Å². The van der Waals surface area contributed by atoms with E-state index in [4.69, 9.17) is 5.73 Å². The van der Waals surface area contributed by atoms with E-state index in [2.05, 4.69) is 9.47 Å². The Labute approximate surface area is 124 Å². The molecule has 1 atom stereocenters. The maximum Gasteiger partial charge on any atom is 0.461 e. The molecule has 0 aliphatic carbocycles. The Bertz CT molecular complexity index is 474. The number of nitrogens with two attached hydrogens (primary N) is 1. The molecule has 1 aromatic rings. The maximum atomic E-state index is 12.8. The third-order valence-corrected chi connectivity index (χ3v) is 2.41. The summed E-state index contributed by atoms with van der Waals surface area (Å²) in [6.45, 7) is 0. The van der Waals surface area contributed by atoms with Crippen LogP contribution in [0.1, 0.15) is 18.0 Å². The highest BCUT2D eigenvalue weighted by Gasteiger charge is 2.44. The summed E-state index contributed by atoms with van der Waals surface area (Å²) in [6.07, 6.45) is -8.72. The van der Waals surface area contributed by atoms with Crippen LogP contribution in [0.4, 0.5) is 17.6 Å². The third-order valence-electron chi connectivity index (χ3n) is 2.41. The molecule has 1 aromatic carbocycles. The second kappa shape index (κ2) is 8.04. The number of methoxy groups -OCH3 is 1. The highest BCUT2D eigenvalue weighted by atomic mass is 35.5. The Kier molecular flexibility index (Phi) is 7.45. The van der Waals surface area contributed by atoms with Crippen LogP contribution >= 0.6 is 12.4 Å². The molecular formula is C12H14ClF4NO3. The van der Waals surface area contributed by atoms with Crippen LogP contribution < -0.4 is 10.5 Å². The van der Waals surface area contributed by atoms with Gasteiger partial charge in [-0.1, -0.05) is 12.1 Å². The zero-order valence-electron chi connectivity index (χ0n) is 10.9. The number of halogens is 5. The molecule has 0 saturated carbocycles. The Morgan fingerprint density at radius 3 is 2.52 bits per heavy atom. The van der Waals surface area contributed by atoms with Crippen molar-refractivity contribution in [2.75, 3.05) is 7.11 Å². The average molecular weight is 332 g/mol. The number of benzene rings is 1. The number of ether oxygens (including phenoxy) is 2. The molecule has 0 heterocycles. The lowest BCUT2D eigenvalue weighted by atomic mass is 10.0. The molecule has 9 heteroatoms. The smallest absolute Gasteiger partial charge is 0.461 e. The summed E-state index contributed by atoms with van der Waals surface area (Å²) in [5.74, 6) is -1.05. The van der Waals surface area contributed by atoms with E-state index in [1.165, 1.54) is 19.2 Å². The van der Waals surface area contributed by atoms with Crippen molar-refractivity contribution in [3.8, 4) is 5.75 Å². The van der Waals surface area contributed by atoms with E-state index in [1.807, 2.05) is 0 Å². The van der Waals surface area contributed by atoms with Crippen LogP contribution in [-0.2, 0) is 9.53 Å². The molecule has 2 N–H and O–H groups in total. The van der Waals surface area contributed by atoms with Gasteiger partial charge in [0.25, 0.3) is 0 Å². The first-order valence-corrected chi connectivity index (χ1v) is 5.53. The van der Waals surface area contributed by atoms with Gasteiger partial charge in [0, 0.05) is 6.04 Å². The number of carbonyl (C=O) groups is 1. The molecule has 0 amide bonds. The van der Waals surface area contributed by atoms with Crippen molar-refractivity contribution < 1.29 is 31.8 Å². The zero-order chi connectivity index (χ0) is 15.3. The summed E-state index contributed by atoms with van der Waals surface area (Å²) in [5.41, 5.74) is 5.96. The predicted molar refractivity (Wildman–Crippen MR) is 68.8 cm³/mol. The number of hydrogen-bond acceptors (Lipinski definition) is 4. The van der Waals surface area contributed by atoms with Crippen molar-refractivity contribution >= 4 is 18.4 Å². The summed E-state index contributed by atoms with van der Waals surface area (Å²) in [4.78, 5) is 11.0. The second-order valence-electron chi connectivity index (χ2n) is 3.92. The van der Waals surface area contributed by atoms with Crippen LogP contribution in [0.2, 0.25) is 0 Å². The summed E-state index contributed by atoms with van der Waals surface area (Å²) in [7, 11) is 1.18. The van der Waals surface area contributed by atoms with Crippen LogP contribution in [0.5, 0.6) is 5.75 Å². The van der Waals surface area contributed by atoms with Crippen molar-refractivity contribution in [2.24, 2.45) is 5.73 Å². The number of esters is 1. The van der Waals surface area contributed by atoms with Crippen molar-refractivity contribution in [3.05, 3.63) is 29.8 Å². The van der Waals surface area contributed by atoms with E-state index in [1.54, 1.807) is 0 Å². The molecule has 21 heavy (non-hydrogen) atoms. The molecule has 0 aliphatic rings. The van der Waals surface area contributed by atoms with Gasteiger partial charge in [-0.2, -0.15) is 17.6 Å². The molecule has 0 unspecified atom stereocenters. The van der Waals surface area contributed by atoms with Gasteiger partial charge < -0.3 is 15.2 Å². The number of rotatable bonds is 6. The molecule has 4 nitrogen and oxygen atoms in total. The SMILES string of the molecule is COC(=O)C[C@H](N)c1cccc(OC(F)(F)C(F)F)c1.Cl. The molecule has 0 fully saturated rings. The van der Waals surface area contributed by atoms with Gasteiger partial charge in [-0.25, -0.2) is 0 Å². The van der Waals surface area contributed by atoms with Crippen molar-refractivity contribution in [2.45, 2.75) is 25.0 Å². The molecule has 0 spiro atoms. The Morgan fingerprint density at radius 1 is 1.38 bits per heavy atom. The Hall–Kier alpha value is -1.54. The van der Waals surface area contributed by atoms with Crippen LogP contribution in [0.25, 0.3) is 0 Å². The second-order valence-corrected chi connectivity index (χ2v) is 3.92. The van der Waals surface area contributed by atoms with E-state index in [0.717, 1.165) is 12.1 Å². The molecule has 0 radical (unpaired) electrons. The predicted octanol–water partition coefficient (Wildman–Crippen LogP) is 2.91. The lowest BCUT2D eigenvalue weighted by molar-refractivity contribution is -0.253. The quantitative estimate of drug-likeness (QED) is 0.643. The molecule has 120 valence electrons. The first-order valence-electron chi connectivity index (χ1n) is 5.53. The topological polar surface area (TPSA) is 61.5 Å². The maximum absolute atomic E-state index is 12.8. The standard InChI is InChI=1S/C12H13F4NO3.ClH/c1-19-10(18)6-9(17)7-3-2-4-8(5-7)20-12(15,16)11(13)14;/h2-5,9,11H,6,17H2,1H3;1H/t9-;/m0./s1. The summed E-state index contributed by atoms with van der Waals surface area (Å²) in [5, 5.41) is 0. The van der Waals surface area contributed by atoms with Crippen molar-refractivity contribution in [1.29, 1.82) is 0 Å². The molecule has 0 saturated heterocycles. The largest absolute Gasteiger partial charge is 0.469 e. The normalized spacial score (nSPS) is 12.5. The van der Waals surface area contributed by atoms with Crippen molar-refractivity contribution in [1.82, 2.24) is 0 Å². The first kappa shape index (κ1) is 19.5. The lowest BCUT2D eigenvalue weighted by Gasteiger charge is -2.18. The van der Waals surface area contributed by atoms with Crippen LogP contribution in [-0.4, -0.2) is 25.6 Å². The van der Waals surface area contributed by atoms with Gasteiger partial charge >= 0.3 is 18.5 Å². The average Bonchev–Trinajstić information content (AvgIpc) is 2.38. The number of carbonyl (C=O) groups excluding carboxylic acids is 1. The van der Waals surface area contributed by atoms with Gasteiger partial charge in [-0.15, -0.1) is 12.4 Å². The third kappa shape index (κ3) is 5.76. The fourth-order valence-electron chi connectivity index (χ4n) is 1.39. The van der Waals surface area contributed by atoms with Crippen LogP contribution in [0, 0.1) is 0 Å². The van der Waals surface area contributed by atoms with Gasteiger partial charge in [0.15, 0.2) is 0 Å². The molecule has 0 aliphatic heterocycles. The highest BCUT2D eigenvalue weighted by molar-refractivity contribution is 5.85. The number of hydrogen-bond donors (Lipinski definition) is 1. The van der Waals surface area contributed by atoms with E-state index < -0.39 is 30.3 Å². The number of alkyl halides is 4. The van der Waals surface area contributed by atoms with Gasteiger partial charge in [0.2, 0.25) is 0 Å². The fraction of sp³-hybridized carbons (Fsp3) is 0.417. The molecular weight excluding hydrogens is 318 g/mol. The minimum absolute atomic E-state index is 0. The summed E-state index contributed by atoms with van der Waals surface area (Å²) >= 11 is 0. The Morgan fingerprint density at radius 2 is 2.00 bits per heavy atom. The first-order chi connectivity index (χ1) is 9.26. The van der Waals surface area contributed by atoms with Gasteiger partial charge in [-0.3, -0.25) is 4.79 Å². The van der Waals surface area contributed by atoms with Crippen molar-refractivity contribution in [3.63, 3.8) is 0 Å². The monoisotopic (exact) mass is 331 g/mol. The van der Waals surface area contributed by atoms with E-state index in [0.29, 0.717) is 0 Å². The Balaban J connectivity index is 0.00000400. The van der Waals surface area contributed by atoms with E-state index in [9.17, 15) is 22.4 Å².